The second-order valence-corrected chi connectivity index (χ2v) is 8.83. The van der Waals surface area contributed by atoms with Gasteiger partial charge in [0.25, 0.3) is 0 Å². The number of hydrogen-bond donors (Lipinski definition) is 1. The van der Waals surface area contributed by atoms with Gasteiger partial charge in [0, 0.05) is 18.3 Å². The van der Waals surface area contributed by atoms with Gasteiger partial charge in [0.15, 0.2) is 0 Å². The quantitative estimate of drug-likeness (QED) is 0.554. The van der Waals surface area contributed by atoms with E-state index in [1.165, 1.54) is 0 Å². The van der Waals surface area contributed by atoms with Gasteiger partial charge in [-0.25, -0.2) is 0 Å². The maximum Gasteiger partial charge on any atom is 0.242 e. The molecular weight excluding hydrogens is 408 g/mol. The molecule has 0 saturated heterocycles. The summed E-state index contributed by atoms with van der Waals surface area (Å²) in [6.45, 7) is 8.25. The number of aryl methyl sites for hydroxylation is 1. The molecule has 2 atom stereocenters. The standard InChI is InChI=1S/C25H34N2O3S/c1-6-19(3)26-25(29)20(4)27(15-22-9-7-8-18(2)14-22)24(28)17-31-16-21-10-12-23(30-5)13-11-21/h7-14,19-20H,6,15-17H2,1-5H3,(H,26,29)/t19-,20-/m0/s1. The van der Waals surface area contributed by atoms with E-state index in [1.807, 2.05) is 63.2 Å². The van der Waals surface area contributed by atoms with Crippen molar-refractivity contribution in [2.24, 2.45) is 0 Å². The molecule has 2 aromatic carbocycles. The van der Waals surface area contributed by atoms with Gasteiger partial charge in [-0.1, -0.05) is 48.9 Å². The lowest BCUT2D eigenvalue weighted by molar-refractivity contribution is -0.138. The molecular formula is C25H34N2O3S. The monoisotopic (exact) mass is 442 g/mol. The molecule has 168 valence electrons. The molecule has 0 fully saturated rings. The molecule has 0 aliphatic carbocycles. The van der Waals surface area contributed by atoms with E-state index < -0.39 is 6.04 Å². The largest absolute Gasteiger partial charge is 0.497 e. The lowest BCUT2D eigenvalue weighted by atomic mass is 10.1. The van der Waals surface area contributed by atoms with Crippen LogP contribution in [-0.4, -0.2) is 41.7 Å². The fourth-order valence-electron chi connectivity index (χ4n) is 3.12. The second-order valence-electron chi connectivity index (χ2n) is 7.85. The summed E-state index contributed by atoms with van der Waals surface area (Å²) in [5, 5.41) is 3.00. The summed E-state index contributed by atoms with van der Waals surface area (Å²) in [4.78, 5) is 27.6. The van der Waals surface area contributed by atoms with Crippen molar-refractivity contribution >= 4 is 23.6 Å². The molecule has 31 heavy (non-hydrogen) atoms. The van der Waals surface area contributed by atoms with Crippen molar-refractivity contribution in [2.75, 3.05) is 12.9 Å². The SMILES string of the molecule is CC[C@H](C)NC(=O)[C@H](C)N(Cc1cccc(C)c1)C(=O)CSCc1ccc(OC)cc1. The number of amides is 2. The Morgan fingerprint density at radius 2 is 1.81 bits per heavy atom. The van der Waals surface area contributed by atoms with E-state index in [2.05, 4.69) is 11.4 Å². The number of nitrogens with zero attached hydrogens (tertiary/aromatic N) is 1. The highest BCUT2D eigenvalue weighted by molar-refractivity contribution is 7.99. The molecule has 5 nitrogen and oxygen atoms in total. The van der Waals surface area contributed by atoms with Crippen molar-refractivity contribution in [1.29, 1.82) is 0 Å². The highest BCUT2D eigenvalue weighted by Gasteiger charge is 2.26. The van der Waals surface area contributed by atoms with Crippen LogP contribution < -0.4 is 10.1 Å². The van der Waals surface area contributed by atoms with Crippen LogP contribution in [0.25, 0.3) is 0 Å². The maximum atomic E-state index is 13.1. The predicted molar refractivity (Wildman–Crippen MR) is 128 cm³/mol. The molecule has 6 heteroatoms. The van der Waals surface area contributed by atoms with Gasteiger partial charge in [-0.2, -0.15) is 0 Å². The molecule has 2 aromatic rings. The van der Waals surface area contributed by atoms with Crippen LogP contribution in [0.1, 0.15) is 43.9 Å². The Labute approximate surface area is 190 Å². The Hall–Kier alpha value is -2.47. The molecule has 0 aromatic heterocycles. The Kier molecular flexibility index (Phi) is 9.92. The molecule has 0 unspecified atom stereocenters. The topological polar surface area (TPSA) is 58.6 Å². The number of carbonyl (C=O) groups excluding carboxylic acids is 2. The first-order chi connectivity index (χ1) is 14.8. The zero-order chi connectivity index (χ0) is 22.8. The van der Waals surface area contributed by atoms with E-state index in [4.69, 9.17) is 4.74 Å². The summed E-state index contributed by atoms with van der Waals surface area (Å²) in [5.41, 5.74) is 3.29. The summed E-state index contributed by atoms with van der Waals surface area (Å²) in [7, 11) is 1.64. The van der Waals surface area contributed by atoms with Crippen LogP contribution in [0.3, 0.4) is 0 Å². The van der Waals surface area contributed by atoms with E-state index in [1.54, 1.807) is 30.7 Å². The summed E-state index contributed by atoms with van der Waals surface area (Å²) in [6.07, 6.45) is 0.849. The molecule has 0 heterocycles. The molecule has 0 aliphatic heterocycles. The highest BCUT2D eigenvalue weighted by Crippen LogP contribution is 2.19. The van der Waals surface area contributed by atoms with Crippen LogP contribution in [0.2, 0.25) is 0 Å². The Morgan fingerprint density at radius 1 is 1.10 bits per heavy atom. The third-order valence-electron chi connectivity index (χ3n) is 5.26. The number of thioether (sulfide) groups is 1. The normalized spacial score (nSPS) is 12.7. The number of nitrogens with one attached hydrogen (secondary N) is 1. The number of benzene rings is 2. The predicted octanol–water partition coefficient (Wildman–Crippen LogP) is 4.57. The van der Waals surface area contributed by atoms with Crippen LogP contribution >= 0.6 is 11.8 Å². The average Bonchev–Trinajstić information content (AvgIpc) is 2.77. The Morgan fingerprint density at radius 3 is 2.42 bits per heavy atom. The van der Waals surface area contributed by atoms with Gasteiger partial charge in [0.05, 0.1) is 12.9 Å². The van der Waals surface area contributed by atoms with Gasteiger partial charge in [-0.15, -0.1) is 11.8 Å². The summed E-state index contributed by atoms with van der Waals surface area (Å²) in [5.74, 6) is 1.71. The van der Waals surface area contributed by atoms with Crippen molar-refractivity contribution in [3.05, 3.63) is 65.2 Å². The van der Waals surface area contributed by atoms with E-state index in [-0.39, 0.29) is 17.9 Å². The van der Waals surface area contributed by atoms with Gasteiger partial charge >= 0.3 is 0 Å². The molecule has 0 saturated carbocycles. The van der Waals surface area contributed by atoms with Crippen molar-refractivity contribution in [1.82, 2.24) is 10.2 Å². The van der Waals surface area contributed by atoms with Crippen LogP contribution in [0.15, 0.2) is 48.5 Å². The first kappa shape index (κ1) is 24.8. The fourth-order valence-corrected chi connectivity index (χ4v) is 3.99. The molecule has 0 aliphatic rings. The molecule has 0 bridgehead atoms. The summed E-state index contributed by atoms with van der Waals surface area (Å²) < 4.78 is 5.19. The fraction of sp³-hybridized carbons (Fsp3) is 0.440. The zero-order valence-electron chi connectivity index (χ0n) is 19.2. The van der Waals surface area contributed by atoms with Crippen LogP contribution in [0, 0.1) is 6.92 Å². The smallest absolute Gasteiger partial charge is 0.242 e. The van der Waals surface area contributed by atoms with Gasteiger partial charge in [0.1, 0.15) is 11.8 Å². The maximum absolute atomic E-state index is 13.1. The minimum atomic E-state index is -0.538. The van der Waals surface area contributed by atoms with Gasteiger partial charge < -0.3 is 15.0 Å². The minimum Gasteiger partial charge on any atom is -0.497 e. The first-order valence-electron chi connectivity index (χ1n) is 10.7. The Balaban J connectivity index is 2.06. The number of hydrogen-bond acceptors (Lipinski definition) is 4. The lowest BCUT2D eigenvalue weighted by Gasteiger charge is -2.29. The third kappa shape index (κ3) is 7.94. The van der Waals surface area contributed by atoms with E-state index in [0.717, 1.165) is 34.6 Å². The molecule has 0 spiro atoms. The van der Waals surface area contributed by atoms with E-state index in [9.17, 15) is 9.59 Å². The van der Waals surface area contributed by atoms with Gasteiger partial charge in [-0.3, -0.25) is 9.59 Å². The number of carbonyl (C=O) groups is 2. The van der Waals surface area contributed by atoms with E-state index >= 15 is 0 Å². The lowest BCUT2D eigenvalue weighted by Crippen LogP contribution is -2.50. The molecule has 0 radical (unpaired) electrons. The second kappa shape index (κ2) is 12.4. The number of methoxy groups -OCH3 is 1. The molecule has 2 rings (SSSR count). The van der Waals surface area contributed by atoms with Crippen molar-refractivity contribution in [3.63, 3.8) is 0 Å². The Bertz CT molecular complexity index is 854. The van der Waals surface area contributed by atoms with Crippen LogP contribution in [0.4, 0.5) is 0 Å². The zero-order valence-corrected chi connectivity index (χ0v) is 20.0. The number of rotatable bonds is 11. The average molecular weight is 443 g/mol. The summed E-state index contributed by atoms with van der Waals surface area (Å²) in [6, 6.07) is 15.5. The minimum absolute atomic E-state index is 0.0354. The molecule has 2 amide bonds. The number of ether oxygens (including phenoxy) is 1. The van der Waals surface area contributed by atoms with Crippen LogP contribution in [-0.2, 0) is 21.9 Å². The van der Waals surface area contributed by atoms with Gasteiger partial charge in [0.2, 0.25) is 11.8 Å². The summed E-state index contributed by atoms with van der Waals surface area (Å²) >= 11 is 1.55. The highest BCUT2D eigenvalue weighted by atomic mass is 32.2. The van der Waals surface area contributed by atoms with Crippen molar-refractivity contribution < 1.29 is 14.3 Å². The molecule has 1 N–H and O–H groups in total. The van der Waals surface area contributed by atoms with Gasteiger partial charge in [-0.05, 0) is 50.5 Å². The van der Waals surface area contributed by atoms with Crippen LogP contribution in [0.5, 0.6) is 5.75 Å². The third-order valence-corrected chi connectivity index (χ3v) is 6.25. The van der Waals surface area contributed by atoms with Crippen molar-refractivity contribution in [3.8, 4) is 5.75 Å². The first-order valence-corrected chi connectivity index (χ1v) is 11.9. The van der Waals surface area contributed by atoms with Crippen molar-refractivity contribution in [2.45, 2.75) is 58.5 Å². The van der Waals surface area contributed by atoms with E-state index in [0.29, 0.717) is 12.3 Å².